The highest BCUT2D eigenvalue weighted by Gasteiger charge is 2.24. The highest BCUT2D eigenvalue weighted by Crippen LogP contribution is 2.26. The van der Waals surface area contributed by atoms with Crippen molar-refractivity contribution in [1.29, 1.82) is 0 Å². The summed E-state index contributed by atoms with van der Waals surface area (Å²) < 4.78 is 0. The normalized spacial score (nSPS) is 23.2. The number of nitrogens with zero attached hydrogens (tertiary/aromatic N) is 2. The van der Waals surface area contributed by atoms with E-state index < -0.39 is 0 Å². The minimum Gasteiger partial charge on any atom is -0.370 e. The molecule has 2 fully saturated rings. The number of likely N-dealkylation sites (tertiary alicyclic amines) is 1. The summed E-state index contributed by atoms with van der Waals surface area (Å²) in [7, 11) is 0. The second-order valence-corrected chi connectivity index (χ2v) is 6.21. The van der Waals surface area contributed by atoms with Gasteiger partial charge in [-0.1, -0.05) is 13.3 Å². The van der Waals surface area contributed by atoms with Crippen LogP contribution in [-0.2, 0) is 4.79 Å². The fourth-order valence-electron chi connectivity index (χ4n) is 2.80. The van der Waals surface area contributed by atoms with Gasteiger partial charge in [-0.15, -0.1) is 24.0 Å². The quantitative estimate of drug-likeness (QED) is 0.316. The summed E-state index contributed by atoms with van der Waals surface area (Å²) in [4.78, 5) is 18.2. The number of nitrogens with one attached hydrogen (secondary N) is 1. The molecule has 0 aromatic rings. The molecule has 0 spiro atoms. The number of halogens is 1. The summed E-state index contributed by atoms with van der Waals surface area (Å²) in [6.45, 7) is 5.71. The van der Waals surface area contributed by atoms with Crippen LogP contribution in [0.3, 0.4) is 0 Å². The molecule has 1 heterocycles. The number of carbonyl (C=O) groups excluding carboxylic acids is 1. The Morgan fingerprint density at radius 2 is 2.10 bits per heavy atom. The maximum atomic E-state index is 11.6. The Balaban J connectivity index is 0.00000220. The first-order valence-electron chi connectivity index (χ1n) is 7.99. The number of nitrogens with two attached hydrogens (primary N) is 1. The molecule has 5 nitrogen and oxygen atoms in total. The monoisotopic (exact) mass is 408 g/mol. The molecule has 1 aliphatic carbocycles. The summed E-state index contributed by atoms with van der Waals surface area (Å²) in [5.41, 5.74) is 6.02. The summed E-state index contributed by atoms with van der Waals surface area (Å²) in [6, 6.07) is 0. The van der Waals surface area contributed by atoms with Crippen LogP contribution in [0.2, 0.25) is 0 Å². The lowest BCUT2D eigenvalue weighted by atomic mass is 9.85. The van der Waals surface area contributed by atoms with Crippen LogP contribution in [-0.4, -0.2) is 42.9 Å². The molecule has 1 aliphatic heterocycles. The number of rotatable bonds is 5. The molecule has 1 atom stereocenters. The van der Waals surface area contributed by atoms with E-state index in [1.165, 1.54) is 19.3 Å². The Hall–Kier alpha value is -0.530. The molecule has 6 heteroatoms. The van der Waals surface area contributed by atoms with Crippen LogP contribution >= 0.6 is 24.0 Å². The lowest BCUT2D eigenvalue weighted by molar-refractivity contribution is -0.127. The van der Waals surface area contributed by atoms with Crippen LogP contribution in [0.1, 0.15) is 45.4 Å². The Kier molecular flexibility index (Phi) is 8.36. The molecule has 3 N–H and O–H groups in total. The Bertz CT molecular complexity index is 358. The van der Waals surface area contributed by atoms with Crippen molar-refractivity contribution in [2.45, 2.75) is 45.4 Å². The van der Waals surface area contributed by atoms with Gasteiger partial charge in [-0.3, -0.25) is 9.79 Å². The number of hydrogen-bond donors (Lipinski definition) is 2. The SMILES string of the molecule is CC1CCCN(C(N)=NCCCNC(=O)C2CCC2)C1.I. The third-order valence-electron chi connectivity index (χ3n) is 4.36. The first kappa shape index (κ1) is 18.5. The van der Waals surface area contributed by atoms with Gasteiger partial charge in [-0.05, 0) is 38.0 Å². The first-order chi connectivity index (χ1) is 9.66. The lowest BCUT2D eigenvalue weighted by Gasteiger charge is -2.31. The average Bonchev–Trinajstić information content (AvgIpc) is 2.36. The number of guanidine groups is 1. The summed E-state index contributed by atoms with van der Waals surface area (Å²) >= 11 is 0. The molecular weight excluding hydrogens is 379 g/mol. The van der Waals surface area contributed by atoms with Crippen molar-refractivity contribution >= 4 is 35.8 Å². The zero-order valence-corrected chi connectivity index (χ0v) is 15.3. The van der Waals surface area contributed by atoms with Gasteiger partial charge in [0, 0.05) is 32.1 Å². The molecule has 21 heavy (non-hydrogen) atoms. The minimum absolute atomic E-state index is 0. The molecule has 0 radical (unpaired) electrons. The average molecular weight is 408 g/mol. The van der Waals surface area contributed by atoms with Crippen LogP contribution in [0.25, 0.3) is 0 Å². The van der Waals surface area contributed by atoms with E-state index in [1.807, 2.05) is 0 Å². The number of aliphatic imine (C=N–C) groups is 1. The van der Waals surface area contributed by atoms with Crippen molar-refractivity contribution in [2.24, 2.45) is 22.6 Å². The fourth-order valence-corrected chi connectivity index (χ4v) is 2.80. The van der Waals surface area contributed by atoms with Crippen molar-refractivity contribution in [3.63, 3.8) is 0 Å². The van der Waals surface area contributed by atoms with Crippen molar-refractivity contribution in [1.82, 2.24) is 10.2 Å². The number of piperidine rings is 1. The van der Waals surface area contributed by atoms with Crippen molar-refractivity contribution in [2.75, 3.05) is 26.2 Å². The van der Waals surface area contributed by atoms with Gasteiger partial charge >= 0.3 is 0 Å². The van der Waals surface area contributed by atoms with E-state index >= 15 is 0 Å². The highest BCUT2D eigenvalue weighted by molar-refractivity contribution is 14.0. The molecule has 0 aromatic carbocycles. The van der Waals surface area contributed by atoms with Gasteiger partial charge in [-0.25, -0.2) is 0 Å². The summed E-state index contributed by atoms with van der Waals surface area (Å²) in [6.07, 6.45) is 6.68. The predicted molar refractivity (Wildman–Crippen MR) is 96.8 cm³/mol. The summed E-state index contributed by atoms with van der Waals surface area (Å²) in [5.74, 6) is 1.87. The van der Waals surface area contributed by atoms with Crippen LogP contribution < -0.4 is 11.1 Å². The number of carbonyl (C=O) groups is 1. The van der Waals surface area contributed by atoms with Gasteiger partial charge in [-0.2, -0.15) is 0 Å². The molecule has 1 saturated heterocycles. The van der Waals surface area contributed by atoms with Gasteiger partial charge in [0.15, 0.2) is 5.96 Å². The molecule has 2 aliphatic rings. The van der Waals surface area contributed by atoms with Gasteiger partial charge < -0.3 is 16.0 Å². The van der Waals surface area contributed by atoms with Crippen LogP contribution in [0.5, 0.6) is 0 Å². The second-order valence-electron chi connectivity index (χ2n) is 6.21. The Morgan fingerprint density at radius 1 is 1.33 bits per heavy atom. The van der Waals surface area contributed by atoms with E-state index in [9.17, 15) is 4.79 Å². The standard InChI is InChI=1S/C15H28N4O.HI/c1-12-5-3-10-19(11-12)15(16)18-9-4-8-17-14(20)13-6-2-7-13;/h12-13H,2-11H2,1H3,(H2,16,18)(H,17,20);1H. The molecule has 1 saturated carbocycles. The first-order valence-corrected chi connectivity index (χ1v) is 7.99. The van der Waals surface area contributed by atoms with Gasteiger partial charge in [0.2, 0.25) is 5.91 Å². The number of amides is 1. The van der Waals surface area contributed by atoms with Gasteiger partial charge in [0.1, 0.15) is 0 Å². The smallest absolute Gasteiger partial charge is 0.223 e. The lowest BCUT2D eigenvalue weighted by Crippen LogP contribution is -2.43. The molecule has 0 bridgehead atoms. The van der Waals surface area contributed by atoms with E-state index in [0.29, 0.717) is 25.0 Å². The molecule has 1 amide bonds. The zero-order valence-electron chi connectivity index (χ0n) is 13.0. The third kappa shape index (κ3) is 6.00. The van der Waals surface area contributed by atoms with Crippen LogP contribution in [0, 0.1) is 11.8 Å². The third-order valence-corrected chi connectivity index (χ3v) is 4.36. The topological polar surface area (TPSA) is 70.7 Å². The fraction of sp³-hybridized carbons (Fsp3) is 0.867. The van der Waals surface area contributed by atoms with Crippen molar-refractivity contribution in [3.05, 3.63) is 0 Å². The molecular formula is C15H29IN4O. The van der Waals surface area contributed by atoms with E-state index in [4.69, 9.17) is 5.73 Å². The molecule has 2 rings (SSSR count). The summed E-state index contributed by atoms with van der Waals surface area (Å²) in [5, 5.41) is 2.98. The minimum atomic E-state index is 0. The maximum absolute atomic E-state index is 11.6. The van der Waals surface area contributed by atoms with E-state index in [-0.39, 0.29) is 35.8 Å². The molecule has 122 valence electrons. The second kappa shape index (κ2) is 9.48. The molecule has 1 unspecified atom stereocenters. The van der Waals surface area contributed by atoms with Gasteiger partial charge in [0.05, 0.1) is 0 Å². The zero-order chi connectivity index (χ0) is 14.4. The Morgan fingerprint density at radius 3 is 2.71 bits per heavy atom. The van der Waals surface area contributed by atoms with E-state index in [2.05, 4.69) is 22.1 Å². The van der Waals surface area contributed by atoms with Crippen molar-refractivity contribution in [3.8, 4) is 0 Å². The predicted octanol–water partition coefficient (Wildman–Crippen LogP) is 1.96. The van der Waals surface area contributed by atoms with Crippen LogP contribution in [0.4, 0.5) is 0 Å². The number of hydrogen-bond acceptors (Lipinski definition) is 2. The van der Waals surface area contributed by atoms with Crippen LogP contribution in [0.15, 0.2) is 4.99 Å². The van der Waals surface area contributed by atoms with Crippen molar-refractivity contribution < 1.29 is 4.79 Å². The molecule has 0 aromatic heterocycles. The van der Waals surface area contributed by atoms with E-state index in [0.717, 1.165) is 32.4 Å². The van der Waals surface area contributed by atoms with Gasteiger partial charge in [0.25, 0.3) is 0 Å². The van der Waals surface area contributed by atoms with E-state index in [1.54, 1.807) is 0 Å². The highest BCUT2D eigenvalue weighted by atomic mass is 127. The largest absolute Gasteiger partial charge is 0.370 e. The maximum Gasteiger partial charge on any atom is 0.223 e. The Labute approximate surface area is 145 Å².